The van der Waals surface area contributed by atoms with Crippen LogP contribution in [0.4, 0.5) is 0 Å². The lowest BCUT2D eigenvalue weighted by atomic mass is 9.76. The van der Waals surface area contributed by atoms with Crippen molar-refractivity contribution in [1.29, 1.82) is 0 Å². The van der Waals surface area contributed by atoms with Gasteiger partial charge in [-0.15, -0.1) is 0 Å². The van der Waals surface area contributed by atoms with Crippen LogP contribution in [0.5, 0.6) is 0 Å². The summed E-state index contributed by atoms with van der Waals surface area (Å²) >= 11 is 0. The van der Waals surface area contributed by atoms with Gasteiger partial charge in [0, 0.05) is 6.61 Å². The van der Waals surface area contributed by atoms with E-state index in [9.17, 15) is 10.2 Å². The topological polar surface area (TPSA) is 40.5 Å². The molecule has 2 atom stereocenters. The Morgan fingerprint density at radius 2 is 1.71 bits per heavy atom. The quantitative estimate of drug-likeness (QED) is 0.734. The van der Waals surface area contributed by atoms with E-state index in [1.807, 2.05) is 6.08 Å². The maximum atomic E-state index is 10.5. The molecule has 0 spiro atoms. The van der Waals surface area contributed by atoms with Crippen molar-refractivity contribution in [3.8, 4) is 0 Å². The van der Waals surface area contributed by atoms with Crippen LogP contribution in [0.1, 0.15) is 65.7 Å². The van der Waals surface area contributed by atoms with Gasteiger partial charge in [0.05, 0.1) is 6.10 Å². The predicted octanol–water partition coefficient (Wildman–Crippen LogP) is 4.54. The van der Waals surface area contributed by atoms with E-state index in [2.05, 4.69) is 39.0 Å². The summed E-state index contributed by atoms with van der Waals surface area (Å²) in [7, 11) is 0. The summed E-state index contributed by atoms with van der Waals surface area (Å²) in [5, 5.41) is 19.8. The summed E-state index contributed by atoms with van der Waals surface area (Å²) in [6.45, 7) is 6.59. The molecule has 0 aliphatic heterocycles. The molecule has 0 heterocycles. The first-order chi connectivity index (χ1) is 9.98. The fourth-order valence-electron chi connectivity index (χ4n) is 2.84. The molecule has 21 heavy (non-hydrogen) atoms. The molecule has 0 saturated carbocycles. The maximum absolute atomic E-state index is 10.5. The third-order valence-electron chi connectivity index (χ3n) is 4.66. The van der Waals surface area contributed by atoms with Gasteiger partial charge in [-0.1, -0.05) is 42.4 Å². The van der Waals surface area contributed by atoms with E-state index in [4.69, 9.17) is 0 Å². The van der Waals surface area contributed by atoms with E-state index in [0.29, 0.717) is 6.42 Å². The predicted molar refractivity (Wildman–Crippen MR) is 90.2 cm³/mol. The van der Waals surface area contributed by atoms with Gasteiger partial charge in [0.15, 0.2) is 0 Å². The molecule has 0 aromatic carbocycles. The summed E-state index contributed by atoms with van der Waals surface area (Å²) in [6, 6.07) is 0. The van der Waals surface area contributed by atoms with Crippen molar-refractivity contribution >= 4 is 0 Å². The summed E-state index contributed by atoms with van der Waals surface area (Å²) in [6.07, 6.45) is 14.9. The van der Waals surface area contributed by atoms with Crippen LogP contribution < -0.4 is 0 Å². The SMILES string of the molecule is C/C1=C\CC/C(C)=C/CC[C@@](C)(CCO)[C@@H](O)/C=C/CC1. The highest BCUT2D eigenvalue weighted by Gasteiger charge is 2.30. The second-order valence-corrected chi connectivity index (χ2v) is 6.72. The van der Waals surface area contributed by atoms with Crippen molar-refractivity contribution in [3.63, 3.8) is 0 Å². The van der Waals surface area contributed by atoms with Crippen molar-refractivity contribution in [1.82, 2.24) is 0 Å². The lowest BCUT2D eigenvalue weighted by molar-refractivity contribution is 0.0459. The summed E-state index contributed by atoms with van der Waals surface area (Å²) in [5.41, 5.74) is 2.61. The number of hydrogen-bond acceptors (Lipinski definition) is 2. The maximum Gasteiger partial charge on any atom is 0.0775 e. The van der Waals surface area contributed by atoms with Gasteiger partial charge in [0.2, 0.25) is 0 Å². The number of rotatable bonds is 2. The zero-order chi connectivity index (χ0) is 15.7. The normalized spacial score (nSPS) is 36.0. The minimum absolute atomic E-state index is 0.131. The van der Waals surface area contributed by atoms with Crippen molar-refractivity contribution in [2.24, 2.45) is 5.41 Å². The van der Waals surface area contributed by atoms with E-state index in [1.165, 1.54) is 11.1 Å². The molecule has 0 fully saturated rings. The summed E-state index contributed by atoms with van der Waals surface area (Å²) in [5.74, 6) is 0. The Morgan fingerprint density at radius 1 is 1.10 bits per heavy atom. The summed E-state index contributed by atoms with van der Waals surface area (Å²) in [4.78, 5) is 0. The first kappa shape index (κ1) is 18.2. The molecular weight excluding hydrogens is 260 g/mol. The highest BCUT2D eigenvalue weighted by atomic mass is 16.3. The Bertz CT molecular complexity index is 392. The average Bonchev–Trinajstić information content (AvgIpc) is 2.42. The summed E-state index contributed by atoms with van der Waals surface area (Å²) < 4.78 is 0. The van der Waals surface area contributed by atoms with Crippen LogP contribution in [0, 0.1) is 5.41 Å². The second kappa shape index (κ2) is 9.22. The lowest BCUT2D eigenvalue weighted by Crippen LogP contribution is -2.32. The second-order valence-electron chi connectivity index (χ2n) is 6.72. The molecule has 1 rings (SSSR count). The number of aliphatic hydroxyl groups is 2. The van der Waals surface area contributed by atoms with Crippen LogP contribution in [0.3, 0.4) is 0 Å². The van der Waals surface area contributed by atoms with Gasteiger partial charge in [0.25, 0.3) is 0 Å². The van der Waals surface area contributed by atoms with Crippen LogP contribution in [-0.2, 0) is 0 Å². The highest BCUT2D eigenvalue weighted by molar-refractivity contribution is 5.07. The van der Waals surface area contributed by atoms with Crippen LogP contribution in [0.25, 0.3) is 0 Å². The Balaban J connectivity index is 2.85. The minimum Gasteiger partial charge on any atom is -0.396 e. The first-order valence-electron chi connectivity index (χ1n) is 8.25. The molecule has 1 aliphatic carbocycles. The monoisotopic (exact) mass is 292 g/mol. The van der Waals surface area contributed by atoms with Crippen molar-refractivity contribution in [2.75, 3.05) is 6.61 Å². The van der Waals surface area contributed by atoms with E-state index in [1.54, 1.807) is 0 Å². The van der Waals surface area contributed by atoms with Crippen LogP contribution in [-0.4, -0.2) is 22.9 Å². The van der Waals surface area contributed by atoms with Crippen molar-refractivity contribution in [2.45, 2.75) is 71.8 Å². The van der Waals surface area contributed by atoms with Crippen molar-refractivity contribution in [3.05, 3.63) is 35.5 Å². The Kier molecular flexibility index (Phi) is 7.98. The lowest BCUT2D eigenvalue weighted by Gasteiger charge is -2.32. The molecule has 0 amide bonds. The smallest absolute Gasteiger partial charge is 0.0775 e. The Hall–Kier alpha value is -0.860. The van der Waals surface area contributed by atoms with Gasteiger partial charge in [-0.25, -0.2) is 0 Å². The van der Waals surface area contributed by atoms with Gasteiger partial charge in [-0.3, -0.25) is 0 Å². The van der Waals surface area contributed by atoms with Gasteiger partial charge in [0.1, 0.15) is 0 Å². The molecule has 120 valence electrons. The fraction of sp³-hybridized carbons (Fsp3) is 0.684. The molecule has 1 aliphatic rings. The van der Waals surface area contributed by atoms with Gasteiger partial charge >= 0.3 is 0 Å². The van der Waals surface area contributed by atoms with Gasteiger partial charge in [-0.2, -0.15) is 0 Å². The van der Waals surface area contributed by atoms with E-state index >= 15 is 0 Å². The largest absolute Gasteiger partial charge is 0.396 e. The van der Waals surface area contributed by atoms with Crippen LogP contribution in [0.15, 0.2) is 35.5 Å². The molecule has 0 bridgehead atoms. The molecule has 2 nitrogen and oxygen atoms in total. The highest BCUT2D eigenvalue weighted by Crippen LogP contribution is 2.33. The third-order valence-corrected chi connectivity index (χ3v) is 4.66. The number of aliphatic hydroxyl groups excluding tert-OH is 2. The standard InChI is InChI=1S/C19H32O2/c1-16-8-4-5-12-18(21)19(3,14-15-20)13-7-11-17(2)10-6-9-16/h5,9,11-12,18,20-21H,4,6-8,10,13-15H2,1-3H3/b12-5+,16-9+,17-11+/t18-,19-/m0/s1. The van der Waals surface area contributed by atoms with Gasteiger partial charge in [-0.05, 0) is 64.2 Å². The molecule has 0 aromatic rings. The molecule has 2 heteroatoms. The zero-order valence-corrected chi connectivity index (χ0v) is 13.9. The zero-order valence-electron chi connectivity index (χ0n) is 13.9. The molecule has 0 unspecified atom stereocenters. The van der Waals surface area contributed by atoms with Crippen LogP contribution in [0.2, 0.25) is 0 Å². The average molecular weight is 292 g/mol. The molecule has 0 radical (unpaired) electrons. The Morgan fingerprint density at radius 3 is 2.38 bits per heavy atom. The third kappa shape index (κ3) is 6.62. The van der Waals surface area contributed by atoms with Crippen LogP contribution >= 0.6 is 0 Å². The molecule has 0 aromatic heterocycles. The van der Waals surface area contributed by atoms with E-state index in [-0.39, 0.29) is 12.0 Å². The van der Waals surface area contributed by atoms with E-state index < -0.39 is 6.10 Å². The molecular formula is C19H32O2. The minimum atomic E-state index is -0.481. The first-order valence-corrected chi connectivity index (χ1v) is 8.25. The van der Waals surface area contributed by atoms with Gasteiger partial charge < -0.3 is 10.2 Å². The van der Waals surface area contributed by atoms with Crippen molar-refractivity contribution < 1.29 is 10.2 Å². The Labute approximate surface area is 130 Å². The van der Waals surface area contributed by atoms with E-state index in [0.717, 1.165) is 38.5 Å². The number of hydrogen-bond donors (Lipinski definition) is 2. The fourth-order valence-corrected chi connectivity index (χ4v) is 2.84. The molecule has 2 N–H and O–H groups in total. The number of allylic oxidation sites excluding steroid dienone is 5. The molecule has 0 saturated heterocycles.